The van der Waals surface area contributed by atoms with E-state index in [1.165, 1.54) is 0 Å². The first-order valence-corrected chi connectivity index (χ1v) is 6.03. The van der Waals surface area contributed by atoms with E-state index in [2.05, 4.69) is 34.0 Å². The maximum absolute atomic E-state index is 8.76. The lowest BCUT2D eigenvalue weighted by Gasteiger charge is -2.35. The largest absolute Gasteiger partial charge is 0.396 e. The number of piperazine rings is 1. The van der Waals surface area contributed by atoms with Crippen LogP contribution in [0.2, 0.25) is 0 Å². The van der Waals surface area contributed by atoms with Gasteiger partial charge in [0.25, 0.3) is 0 Å². The summed E-state index contributed by atoms with van der Waals surface area (Å²) in [6, 6.07) is 0.209. The van der Waals surface area contributed by atoms with Crippen LogP contribution in [0, 0.1) is 0 Å². The number of aliphatic hydroxyl groups is 1. The maximum atomic E-state index is 8.76. The number of nitrogens with zero attached hydrogens (tertiary/aromatic N) is 4. The summed E-state index contributed by atoms with van der Waals surface area (Å²) in [7, 11) is 4.19. The fourth-order valence-corrected chi connectivity index (χ4v) is 2.02. The molecule has 0 saturated carbocycles. The van der Waals surface area contributed by atoms with Crippen LogP contribution >= 0.6 is 0 Å². The summed E-state index contributed by atoms with van der Waals surface area (Å²) >= 11 is 0. The third-order valence-electron chi connectivity index (χ3n) is 3.18. The molecule has 1 aromatic heterocycles. The van der Waals surface area contributed by atoms with E-state index < -0.39 is 0 Å². The highest BCUT2D eigenvalue weighted by Gasteiger charge is 2.27. The zero-order chi connectivity index (χ0) is 12.3. The van der Waals surface area contributed by atoms with Gasteiger partial charge in [-0.2, -0.15) is 4.98 Å². The van der Waals surface area contributed by atoms with Crippen LogP contribution in [-0.4, -0.2) is 65.4 Å². The first kappa shape index (κ1) is 12.5. The van der Waals surface area contributed by atoms with Gasteiger partial charge < -0.3 is 14.5 Å². The molecular weight excluding hydrogens is 220 g/mol. The minimum atomic E-state index is 0.157. The summed E-state index contributed by atoms with van der Waals surface area (Å²) in [6.07, 6.45) is 1.32. The lowest BCUT2D eigenvalue weighted by atomic mass is 10.2. The minimum absolute atomic E-state index is 0.157. The van der Waals surface area contributed by atoms with Crippen molar-refractivity contribution >= 4 is 0 Å². The number of likely N-dealkylation sites (N-methyl/N-ethyl adjacent to an activating group) is 2. The summed E-state index contributed by atoms with van der Waals surface area (Å²) in [6.45, 7) is 3.17. The zero-order valence-electron chi connectivity index (χ0n) is 10.5. The SMILES string of the molecule is CN1CCN(C)C(c2noc(CCCO)n2)C1. The molecule has 1 aliphatic heterocycles. The zero-order valence-corrected chi connectivity index (χ0v) is 10.5. The van der Waals surface area contributed by atoms with E-state index in [0.29, 0.717) is 18.7 Å². The Morgan fingerprint density at radius 3 is 3.00 bits per heavy atom. The molecular formula is C11H20N4O2. The number of rotatable bonds is 4. The number of hydrogen-bond acceptors (Lipinski definition) is 6. The molecule has 2 rings (SSSR count). The molecule has 0 bridgehead atoms. The van der Waals surface area contributed by atoms with Crippen molar-refractivity contribution in [1.82, 2.24) is 19.9 Å². The molecule has 0 radical (unpaired) electrons. The maximum Gasteiger partial charge on any atom is 0.226 e. The first-order chi connectivity index (χ1) is 8.20. The Labute approximate surface area is 101 Å². The molecule has 1 fully saturated rings. The van der Waals surface area contributed by atoms with E-state index in [1.54, 1.807) is 0 Å². The smallest absolute Gasteiger partial charge is 0.226 e. The van der Waals surface area contributed by atoms with Gasteiger partial charge in [0.15, 0.2) is 5.82 Å². The van der Waals surface area contributed by atoms with Gasteiger partial charge in [-0.15, -0.1) is 0 Å². The summed E-state index contributed by atoms with van der Waals surface area (Å²) in [5.74, 6) is 1.38. The average molecular weight is 240 g/mol. The van der Waals surface area contributed by atoms with E-state index in [9.17, 15) is 0 Å². The molecule has 2 heterocycles. The van der Waals surface area contributed by atoms with Gasteiger partial charge >= 0.3 is 0 Å². The van der Waals surface area contributed by atoms with Crippen LogP contribution in [0.15, 0.2) is 4.52 Å². The van der Waals surface area contributed by atoms with Crippen molar-refractivity contribution in [3.63, 3.8) is 0 Å². The highest BCUT2D eigenvalue weighted by Crippen LogP contribution is 2.20. The van der Waals surface area contributed by atoms with Gasteiger partial charge in [-0.25, -0.2) is 0 Å². The Bertz CT molecular complexity index is 355. The van der Waals surface area contributed by atoms with Crippen molar-refractivity contribution in [1.29, 1.82) is 0 Å². The van der Waals surface area contributed by atoms with Gasteiger partial charge in [0.05, 0.1) is 6.04 Å². The van der Waals surface area contributed by atoms with E-state index >= 15 is 0 Å². The molecule has 1 aliphatic rings. The molecule has 1 aromatic rings. The summed E-state index contributed by atoms with van der Waals surface area (Å²) < 4.78 is 5.19. The minimum Gasteiger partial charge on any atom is -0.396 e. The molecule has 96 valence electrons. The normalized spacial score (nSPS) is 23.1. The number of hydrogen-bond donors (Lipinski definition) is 1. The van der Waals surface area contributed by atoms with E-state index in [1.807, 2.05) is 0 Å². The highest BCUT2D eigenvalue weighted by atomic mass is 16.5. The average Bonchev–Trinajstić information content (AvgIpc) is 2.78. The Morgan fingerprint density at radius 1 is 1.41 bits per heavy atom. The van der Waals surface area contributed by atoms with Crippen molar-refractivity contribution in [3.05, 3.63) is 11.7 Å². The Morgan fingerprint density at radius 2 is 2.24 bits per heavy atom. The fraction of sp³-hybridized carbons (Fsp3) is 0.818. The summed E-state index contributed by atoms with van der Waals surface area (Å²) in [5, 5.41) is 12.8. The van der Waals surface area contributed by atoms with Crippen molar-refractivity contribution in [2.24, 2.45) is 0 Å². The van der Waals surface area contributed by atoms with Gasteiger partial charge in [0.2, 0.25) is 5.89 Å². The summed E-state index contributed by atoms with van der Waals surface area (Å²) in [4.78, 5) is 8.92. The third-order valence-corrected chi connectivity index (χ3v) is 3.18. The molecule has 0 amide bonds. The number of aromatic nitrogens is 2. The third kappa shape index (κ3) is 3.02. The van der Waals surface area contributed by atoms with Gasteiger partial charge in [-0.3, -0.25) is 4.90 Å². The van der Waals surface area contributed by atoms with Crippen molar-refractivity contribution in [2.45, 2.75) is 18.9 Å². The standard InChI is InChI=1S/C11H20N4O2/c1-14-5-6-15(2)9(8-14)11-12-10(17-13-11)4-3-7-16/h9,16H,3-8H2,1-2H3. The van der Waals surface area contributed by atoms with Crippen molar-refractivity contribution in [2.75, 3.05) is 40.3 Å². The predicted octanol–water partition coefficient (Wildman–Crippen LogP) is -0.0872. The van der Waals surface area contributed by atoms with E-state index in [-0.39, 0.29) is 12.6 Å². The molecule has 0 aromatic carbocycles. The van der Waals surface area contributed by atoms with Crippen LogP contribution in [-0.2, 0) is 6.42 Å². The van der Waals surface area contributed by atoms with E-state index in [4.69, 9.17) is 9.63 Å². The summed E-state index contributed by atoms with van der Waals surface area (Å²) in [5.41, 5.74) is 0. The van der Waals surface area contributed by atoms with Gasteiger partial charge in [-0.05, 0) is 20.5 Å². The highest BCUT2D eigenvalue weighted by molar-refractivity contribution is 4.98. The van der Waals surface area contributed by atoms with Crippen LogP contribution in [0.3, 0.4) is 0 Å². The lowest BCUT2D eigenvalue weighted by Crippen LogP contribution is -2.45. The molecule has 17 heavy (non-hydrogen) atoms. The van der Waals surface area contributed by atoms with Gasteiger partial charge in [0, 0.05) is 32.7 Å². The van der Waals surface area contributed by atoms with E-state index in [0.717, 1.165) is 25.5 Å². The Kier molecular flexibility index (Phi) is 4.09. The second-order valence-electron chi connectivity index (χ2n) is 4.63. The predicted molar refractivity (Wildman–Crippen MR) is 62.6 cm³/mol. The van der Waals surface area contributed by atoms with Crippen LogP contribution in [0.25, 0.3) is 0 Å². The number of aliphatic hydroxyl groups excluding tert-OH is 1. The molecule has 1 N–H and O–H groups in total. The van der Waals surface area contributed by atoms with Crippen LogP contribution < -0.4 is 0 Å². The van der Waals surface area contributed by atoms with Crippen molar-refractivity contribution in [3.8, 4) is 0 Å². The second-order valence-corrected chi connectivity index (χ2v) is 4.63. The van der Waals surface area contributed by atoms with Gasteiger partial charge in [-0.1, -0.05) is 5.16 Å². The molecule has 6 nitrogen and oxygen atoms in total. The van der Waals surface area contributed by atoms with Crippen LogP contribution in [0.1, 0.15) is 24.2 Å². The topological polar surface area (TPSA) is 65.6 Å². The first-order valence-electron chi connectivity index (χ1n) is 6.03. The Balaban J connectivity index is 2.02. The van der Waals surface area contributed by atoms with Crippen LogP contribution in [0.5, 0.6) is 0 Å². The molecule has 1 atom stereocenters. The molecule has 1 unspecified atom stereocenters. The van der Waals surface area contributed by atoms with Crippen LogP contribution in [0.4, 0.5) is 0 Å². The molecule has 1 saturated heterocycles. The second kappa shape index (κ2) is 5.57. The monoisotopic (exact) mass is 240 g/mol. The Hall–Kier alpha value is -0.980. The van der Waals surface area contributed by atoms with Gasteiger partial charge in [0.1, 0.15) is 0 Å². The number of aryl methyl sites for hydroxylation is 1. The van der Waals surface area contributed by atoms with Crippen molar-refractivity contribution < 1.29 is 9.63 Å². The fourth-order valence-electron chi connectivity index (χ4n) is 2.02. The quantitative estimate of drug-likeness (QED) is 0.793. The molecule has 6 heteroatoms. The lowest BCUT2D eigenvalue weighted by molar-refractivity contribution is 0.108. The molecule has 0 spiro atoms. The molecule has 0 aliphatic carbocycles.